The molecule has 0 atom stereocenters. The number of ether oxygens (including phenoxy) is 1. The van der Waals surface area contributed by atoms with Gasteiger partial charge in [0.1, 0.15) is 5.75 Å². The largest absolute Gasteiger partial charge is 0.484 e. The molecule has 5 rings (SSSR count). The highest BCUT2D eigenvalue weighted by molar-refractivity contribution is 5.78. The van der Waals surface area contributed by atoms with Crippen LogP contribution in [0.25, 0.3) is 11.1 Å². The van der Waals surface area contributed by atoms with E-state index in [0.717, 1.165) is 43.9 Å². The Labute approximate surface area is 177 Å². The summed E-state index contributed by atoms with van der Waals surface area (Å²) in [4.78, 5) is 16.9. The maximum Gasteiger partial charge on any atom is 0.260 e. The van der Waals surface area contributed by atoms with Crippen LogP contribution in [0.1, 0.15) is 11.1 Å². The Morgan fingerprint density at radius 2 is 1.50 bits per heavy atom. The third kappa shape index (κ3) is 3.96. The molecular weight excluding hydrogens is 372 g/mol. The molecule has 0 radical (unpaired) electrons. The van der Waals surface area contributed by atoms with Gasteiger partial charge in [-0.05, 0) is 40.8 Å². The lowest BCUT2D eigenvalue weighted by Crippen LogP contribution is -2.62. The summed E-state index contributed by atoms with van der Waals surface area (Å²) in [6, 6.07) is 27.3. The summed E-state index contributed by atoms with van der Waals surface area (Å²) in [6.45, 7) is 3.77. The molecule has 0 bridgehead atoms. The Morgan fingerprint density at radius 1 is 0.833 bits per heavy atom. The Balaban J connectivity index is 1.09. The number of hydrogen-bond donors (Lipinski definition) is 0. The van der Waals surface area contributed by atoms with Crippen LogP contribution < -0.4 is 4.74 Å². The van der Waals surface area contributed by atoms with Gasteiger partial charge in [0.05, 0.1) is 0 Å². The van der Waals surface area contributed by atoms with Crippen molar-refractivity contribution >= 4 is 5.91 Å². The van der Waals surface area contributed by atoms with E-state index in [1.54, 1.807) is 0 Å². The van der Waals surface area contributed by atoms with Crippen molar-refractivity contribution < 1.29 is 9.53 Å². The summed E-state index contributed by atoms with van der Waals surface area (Å²) in [5, 5.41) is 0. The van der Waals surface area contributed by atoms with E-state index < -0.39 is 0 Å². The summed E-state index contributed by atoms with van der Waals surface area (Å²) in [6.07, 6.45) is 1.10. The standard InChI is InChI=1S/C26H26N2O2/c29-26(19-30-25-12-10-22(11-13-25)20-6-2-1-3-7-20)28-17-24(18-28)27-15-14-21-8-4-5-9-23(21)16-27/h1-13,24H,14-19H2. The van der Waals surface area contributed by atoms with E-state index in [1.807, 2.05) is 47.4 Å². The molecule has 2 aliphatic heterocycles. The van der Waals surface area contributed by atoms with Crippen LogP contribution in [0.2, 0.25) is 0 Å². The zero-order valence-electron chi connectivity index (χ0n) is 17.0. The van der Waals surface area contributed by atoms with Crippen molar-refractivity contribution in [2.45, 2.75) is 19.0 Å². The predicted octanol–water partition coefficient (Wildman–Crippen LogP) is 4.00. The predicted molar refractivity (Wildman–Crippen MR) is 118 cm³/mol. The lowest BCUT2D eigenvalue weighted by atomic mass is 9.96. The van der Waals surface area contributed by atoms with Crippen molar-refractivity contribution in [3.63, 3.8) is 0 Å². The second-order valence-corrected chi connectivity index (χ2v) is 8.12. The van der Waals surface area contributed by atoms with Crippen molar-refractivity contribution in [3.8, 4) is 16.9 Å². The molecule has 30 heavy (non-hydrogen) atoms. The highest BCUT2D eigenvalue weighted by atomic mass is 16.5. The molecule has 1 amide bonds. The van der Waals surface area contributed by atoms with E-state index in [9.17, 15) is 4.79 Å². The van der Waals surface area contributed by atoms with Crippen LogP contribution in [0.5, 0.6) is 5.75 Å². The zero-order valence-corrected chi connectivity index (χ0v) is 17.0. The lowest BCUT2D eigenvalue weighted by molar-refractivity contribution is -0.141. The van der Waals surface area contributed by atoms with Gasteiger partial charge in [0.25, 0.3) is 5.91 Å². The number of carbonyl (C=O) groups excluding carboxylic acids is 1. The van der Waals surface area contributed by atoms with Crippen LogP contribution in [-0.4, -0.2) is 48.0 Å². The third-order valence-electron chi connectivity index (χ3n) is 6.22. The monoisotopic (exact) mass is 398 g/mol. The molecule has 2 heterocycles. The maximum absolute atomic E-state index is 12.5. The first-order chi connectivity index (χ1) is 14.8. The van der Waals surface area contributed by atoms with Crippen LogP contribution in [0.4, 0.5) is 0 Å². The fraction of sp³-hybridized carbons (Fsp3) is 0.269. The Morgan fingerprint density at radius 3 is 2.27 bits per heavy atom. The van der Waals surface area contributed by atoms with E-state index >= 15 is 0 Å². The summed E-state index contributed by atoms with van der Waals surface area (Å²) in [5.74, 6) is 0.795. The van der Waals surface area contributed by atoms with Gasteiger partial charge in [0.15, 0.2) is 6.61 Å². The Hall–Kier alpha value is -3.11. The quantitative estimate of drug-likeness (QED) is 0.651. The van der Waals surface area contributed by atoms with Crippen molar-refractivity contribution in [2.75, 3.05) is 26.2 Å². The molecule has 3 aromatic carbocycles. The van der Waals surface area contributed by atoms with Crippen molar-refractivity contribution in [3.05, 3.63) is 90.0 Å². The van der Waals surface area contributed by atoms with Gasteiger partial charge in [-0.2, -0.15) is 0 Å². The highest BCUT2D eigenvalue weighted by Crippen LogP contribution is 2.25. The van der Waals surface area contributed by atoms with Crippen LogP contribution in [0.15, 0.2) is 78.9 Å². The topological polar surface area (TPSA) is 32.8 Å². The van der Waals surface area contributed by atoms with E-state index in [1.165, 1.54) is 16.7 Å². The molecule has 0 aromatic heterocycles. The van der Waals surface area contributed by atoms with Gasteiger partial charge in [-0.15, -0.1) is 0 Å². The molecule has 152 valence electrons. The molecular formula is C26H26N2O2. The van der Waals surface area contributed by atoms with E-state index in [2.05, 4.69) is 41.3 Å². The molecule has 0 unspecified atom stereocenters. The molecule has 4 nitrogen and oxygen atoms in total. The average Bonchev–Trinajstić information content (AvgIpc) is 2.77. The summed E-state index contributed by atoms with van der Waals surface area (Å²) < 4.78 is 5.74. The van der Waals surface area contributed by atoms with Gasteiger partial charge >= 0.3 is 0 Å². The van der Waals surface area contributed by atoms with Gasteiger partial charge in [0.2, 0.25) is 0 Å². The fourth-order valence-corrected chi connectivity index (χ4v) is 4.33. The molecule has 3 aromatic rings. The summed E-state index contributed by atoms with van der Waals surface area (Å²) in [5.41, 5.74) is 5.21. The molecule has 1 fully saturated rings. The smallest absolute Gasteiger partial charge is 0.260 e. The molecule has 0 N–H and O–H groups in total. The number of benzene rings is 3. The molecule has 1 saturated heterocycles. The normalized spacial score (nSPS) is 16.6. The molecule has 0 spiro atoms. The highest BCUT2D eigenvalue weighted by Gasteiger charge is 2.35. The molecule has 2 aliphatic rings. The lowest BCUT2D eigenvalue weighted by Gasteiger charge is -2.46. The second-order valence-electron chi connectivity index (χ2n) is 8.12. The van der Waals surface area contributed by atoms with Crippen molar-refractivity contribution in [1.82, 2.24) is 9.80 Å². The van der Waals surface area contributed by atoms with Crippen LogP contribution in [-0.2, 0) is 17.8 Å². The minimum Gasteiger partial charge on any atom is -0.484 e. The molecule has 0 aliphatic carbocycles. The Kier molecular flexibility index (Phi) is 5.24. The number of rotatable bonds is 5. The van der Waals surface area contributed by atoms with Crippen LogP contribution >= 0.6 is 0 Å². The van der Waals surface area contributed by atoms with Gasteiger partial charge in [0, 0.05) is 32.2 Å². The number of nitrogens with zero attached hydrogens (tertiary/aromatic N) is 2. The minimum absolute atomic E-state index is 0.0656. The van der Waals surface area contributed by atoms with Crippen molar-refractivity contribution in [2.24, 2.45) is 0 Å². The maximum atomic E-state index is 12.5. The average molecular weight is 399 g/mol. The van der Waals surface area contributed by atoms with Gasteiger partial charge in [-0.1, -0.05) is 66.7 Å². The summed E-state index contributed by atoms with van der Waals surface area (Å²) in [7, 11) is 0. The fourth-order valence-electron chi connectivity index (χ4n) is 4.33. The SMILES string of the molecule is O=C(COc1ccc(-c2ccccc2)cc1)N1CC(N2CCc3ccccc3C2)C1. The van der Waals surface area contributed by atoms with Gasteiger partial charge in [-0.3, -0.25) is 9.69 Å². The van der Waals surface area contributed by atoms with Crippen LogP contribution in [0, 0.1) is 0 Å². The first-order valence-corrected chi connectivity index (χ1v) is 10.6. The minimum atomic E-state index is 0.0656. The number of hydrogen-bond acceptors (Lipinski definition) is 3. The number of carbonyl (C=O) groups is 1. The van der Waals surface area contributed by atoms with E-state index in [-0.39, 0.29) is 12.5 Å². The Bertz CT molecular complexity index is 1010. The van der Waals surface area contributed by atoms with E-state index in [0.29, 0.717) is 6.04 Å². The van der Waals surface area contributed by atoms with Crippen LogP contribution in [0.3, 0.4) is 0 Å². The van der Waals surface area contributed by atoms with Gasteiger partial charge < -0.3 is 9.64 Å². The first kappa shape index (κ1) is 18.9. The third-order valence-corrected chi connectivity index (χ3v) is 6.22. The van der Waals surface area contributed by atoms with Gasteiger partial charge in [-0.25, -0.2) is 0 Å². The van der Waals surface area contributed by atoms with E-state index in [4.69, 9.17) is 4.74 Å². The first-order valence-electron chi connectivity index (χ1n) is 10.6. The van der Waals surface area contributed by atoms with Crippen molar-refractivity contribution in [1.29, 1.82) is 0 Å². The zero-order chi connectivity index (χ0) is 20.3. The number of fused-ring (bicyclic) bond motifs is 1. The summed E-state index contributed by atoms with van der Waals surface area (Å²) >= 11 is 0. The molecule has 4 heteroatoms. The number of amides is 1. The second kappa shape index (κ2) is 8.33. The number of likely N-dealkylation sites (tertiary alicyclic amines) is 1. The molecule has 0 saturated carbocycles.